The van der Waals surface area contributed by atoms with Crippen molar-refractivity contribution < 1.29 is 53.5 Å². The number of amides is 4. The van der Waals surface area contributed by atoms with E-state index in [0.29, 0.717) is 16.9 Å². The molecule has 5 unspecified atom stereocenters. The third-order valence-electron chi connectivity index (χ3n) is 4.93. The first-order chi connectivity index (χ1) is 15.9. The van der Waals surface area contributed by atoms with Crippen molar-refractivity contribution in [2.75, 3.05) is 12.4 Å². The SMILES string of the molecule is CCCC1N[C](=[Mo])C(CC(N)=O)NC(=O)C(C)NC(=O)C(CO)NC(=O)[C@@H](N)CSC1C(=O)O. The van der Waals surface area contributed by atoms with Gasteiger partial charge in [-0.25, -0.2) is 0 Å². The standard InChI is InChI=1S/C19H32N6O7S.Mo/c1-3-4-12-15(19(31)32)33-8-11(20)17(29)25-13(7-26)18(30)23-9(2)16(28)24-10(6-22-12)5-14(21)27;/h9-13,15,22,26H,3-5,7-8,20H2,1-2H3,(H2,21,27)(H,23,30)(H,24,28)(H,25,29)(H,31,32);/t9?,10?,11-,12?,13?,15?;/m0./s1. The van der Waals surface area contributed by atoms with Crippen molar-refractivity contribution in [3.8, 4) is 0 Å². The summed E-state index contributed by atoms with van der Waals surface area (Å²) < 4.78 is 0.425. The summed E-state index contributed by atoms with van der Waals surface area (Å²) >= 11 is 2.47. The van der Waals surface area contributed by atoms with Gasteiger partial charge < -0.3 is 0 Å². The van der Waals surface area contributed by atoms with Crippen LogP contribution in [0.25, 0.3) is 0 Å². The van der Waals surface area contributed by atoms with Crippen LogP contribution in [0.15, 0.2) is 0 Å². The minimum atomic E-state index is -1.37. The average molecular weight is 585 g/mol. The van der Waals surface area contributed by atoms with Crippen molar-refractivity contribution in [2.45, 2.75) is 68.6 Å². The molecule has 1 saturated heterocycles. The van der Waals surface area contributed by atoms with Gasteiger partial charge in [-0.05, 0) is 0 Å². The number of nitrogens with two attached hydrogens (primary N) is 2. The summed E-state index contributed by atoms with van der Waals surface area (Å²) in [5, 5.41) is 28.8. The average Bonchev–Trinajstić information content (AvgIpc) is 2.75. The Morgan fingerprint density at radius 2 is 1.71 bits per heavy atom. The summed E-state index contributed by atoms with van der Waals surface area (Å²) in [5.74, 6) is -4.10. The van der Waals surface area contributed by atoms with E-state index in [0.717, 1.165) is 11.8 Å². The molecular formula is C19H32MoN6O7S. The predicted molar refractivity (Wildman–Crippen MR) is 121 cm³/mol. The molecule has 15 heteroatoms. The number of hydrogen-bond acceptors (Lipinski definition) is 9. The van der Waals surface area contributed by atoms with Gasteiger partial charge >= 0.3 is 213 Å². The Balaban J connectivity index is 3.34. The summed E-state index contributed by atoms with van der Waals surface area (Å²) in [5.41, 5.74) is 11.2. The van der Waals surface area contributed by atoms with Crippen LogP contribution in [0.2, 0.25) is 0 Å². The summed E-state index contributed by atoms with van der Waals surface area (Å²) in [6.07, 6.45) is 0.829. The molecule has 1 rings (SSSR count). The molecule has 4 amide bonds. The van der Waals surface area contributed by atoms with Gasteiger partial charge in [-0.15, -0.1) is 0 Å². The first-order valence-electron chi connectivity index (χ1n) is 10.6. The van der Waals surface area contributed by atoms with Crippen molar-refractivity contribution in [3.63, 3.8) is 0 Å². The number of nitrogens with one attached hydrogen (secondary N) is 4. The first-order valence-corrected chi connectivity index (χ1v) is 12.7. The molecule has 192 valence electrons. The number of carboxylic acid groups (broad SMARTS) is 1. The second-order valence-corrected chi connectivity index (χ2v) is 10.1. The fraction of sp³-hybridized carbons (Fsp3) is 0.684. The molecule has 10 N–H and O–H groups in total. The van der Waals surface area contributed by atoms with Crippen molar-refractivity contribution in [3.05, 3.63) is 0 Å². The van der Waals surface area contributed by atoms with Gasteiger partial charge in [0.15, 0.2) is 0 Å². The fourth-order valence-electron chi connectivity index (χ4n) is 3.10. The number of aliphatic carboxylic acids is 1. The molecule has 0 spiro atoms. The number of thioether (sulfide) groups is 1. The Labute approximate surface area is 212 Å². The molecule has 1 fully saturated rings. The molecule has 0 aromatic carbocycles. The maximum absolute atomic E-state index is 12.7. The maximum atomic E-state index is 12.7. The van der Waals surface area contributed by atoms with E-state index >= 15 is 0 Å². The number of primary amides is 1. The molecule has 0 aliphatic carbocycles. The second kappa shape index (κ2) is 14.5. The van der Waals surface area contributed by atoms with Gasteiger partial charge in [0.25, 0.3) is 0 Å². The van der Waals surface area contributed by atoms with E-state index in [1.807, 2.05) is 6.92 Å². The third-order valence-corrected chi connectivity index (χ3v) is 7.36. The van der Waals surface area contributed by atoms with Gasteiger partial charge in [0.05, 0.1) is 0 Å². The van der Waals surface area contributed by atoms with Gasteiger partial charge in [0.1, 0.15) is 0 Å². The Morgan fingerprint density at radius 3 is 2.24 bits per heavy atom. The zero-order chi connectivity index (χ0) is 26.0. The van der Waals surface area contributed by atoms with Crippen LogP contribution in [0.3, 0.4) is 0 Å². The Hall–Kier alpha value is -1.86. The number of rotatable bonds is 6. The van der Waals surface area contributed by atoms with E-state index in [4.69, 9.17) is 11.5 Å². The molecule has 0 saturated carbocycles. The number of carbonyl (C=O) groups excluding carboxylic acids is 4. The molecule has 0 aromatic heterocycles. The summed E-state index contributed by atoms with van der Waals surface area (Å²) in [7, 11) is 0. The van der Waals surface area contributed by atoms with Crippen LogP contribution >= 0.6 is 11.8 Å². The number of aliphatic hydroxyl groups excluding tert-OH is 1. The number of hydrogen-bond donors (Lipinski definition) is 8. The molecule has 34 heavy (non-hydrogen) atoms. The van der Waals surface area contributed by atoms with Crippen LogP contribution in [0.4, 0.5) is 0 Å². The van der Waals surface area contributed by atoms with Crippen LogP contribution in [0.5, 0.6) is 0 Å². The molecule has 1 aliphatic rings. The van der Waals surface area contributed by atoms with Gasteiger partial charge in [0.2, 0.25) is 0 Å². The van der Waals surface area contributed by atoms with E-state index < -0.39 is 71.7 Å². The number of carboxylic acids is 1. The van der Waals surface area contributed by atoms with Crippen LogP contribution in [0, 0.1) is 0 Å². The van der Waals surface area contributed by atoms with E-state index in [1.165, 1.54) is 26.3 Å². The van der Waals surface area contributed by atoms with Crippen molar-refractivity contribution in [1.82, 2.24) is 21.3 Å². The van der Waals surface area contributed by atoms with Crippen molar-refractivity contribution in [1.29, 1.82) is 0 Å². The van der Waals surface area contributed by atoms with Crippen LogP contribution < -0.4 is 32.7 Å². The Morgan fingerprint density at radius 1 is 1.09 bits per heavy atom. The van der Waals surface area contributed by atoms with E-state index in [-0.39, 0.29) is 12.2 Å². The second-order valence-electron chi connectivity index (χ2n) is 7.81. The molecule has 0 aromatic rings. The zero-order valence-electron chi connectivity index (χ0n) is 18.9. The van der Waals surface area contributed by atoms with Crippen LogP contribution in [-0.2, 0) is 43.3 Å². The summed E-state index contributed by atoms with van der Waals surface area (Å²) in [6.45, 7) is 2.52. The van der Waals surface area contributed by atoms with Gasteiger partial charge in [-0.2, -0.15) is 0 Å². The van der Waals surface area contributed by atoms with Crippen molar-refractivity contribution in [2.24, 2.45) is 11.5 Å². The van der Waals surface area contributed by atoms with Gasteiger partial charge in [-0.1, -0.05) is 0 Å². The monoisotopic (exact) mass is 586 g/mol. The normalized spacial score (nSPS) is 30.1. The zero-order valence-corrected chi connectivity index (χ0v) is 21.7. The van der Waals surface area contributed by atoms with E-state index in [9.17, 15) is 34.2 Å². The van der Waals surface area contributed by atoms with E-state index in [2.05, 4.69) is 21.3 Å². The summed E-state index contributed by atoms with van der Waals surface area (Å²) in [6, 6.07) is -5.08. The topological polar surface area (TPSA) is 226 Å². The third kappa shape index (κ3) is 9.41. The number of aliphatic hydroxyl groups is 1. The predicted octanol–water partition coefficient (Wildman–Crippen LogP) is -3.71. The first kappa shape index (κ1) is 30.2. The van der Waals surface area contributed by atoms with Gasteiger partial charge in [-0.3, -0.25) is 0 Å². The molecule has 13 nitrogen and oxygen atoms in total. The fourth-order valence-corrected chi connectivity index (χ4v) is 4.96. The molecular weight excluding hydrogens is 552 g/mol. The molecule has 1 heterocycles. The summed E-state index contributed by atoms with van der Waals surface area (Å²) in [4.78, 5) is 61.2. The minimum absolute atomic E-state index is 0.0673. The quantitative estimate of drug-likeness (QED) is 0.143. The molecule has 0 radical (unpaired) electrons. The Bertz CT molecular complexity index is 801. The van der Waals surface area contributed by atoms with Crippen molar-refractivity contribution >= 4 is 45.4 Å². The molecule has 6 atom stereocenters. The number of carbonyl (C=O) groups is 5. The van der Waals surface area contributed by atoms with Crippen LogP contribution in [0.1, 0.15) is 33.1 Å². The Kier molecular flexibility index (Phi) is 12.9. The molecule has 0 bridgehead atoms. The van der Waals surface area contributed by atoms with Crippen LogP contribution in [-0.4, -0.2) is 91.7 Å². The van der Waals surface area contributed by atoms with E-state index in [1.54, 1.807) is 0 Å². The molecule has 1 aliphatic heterocycles. The van der Waals surface area contributed by atoms with Gasteiger partial charge in [0, 0.05) is 0 Å².